The average Bonchev–Trinajstić information content (AvgIpc) is 2.42. The Kier molecular flexibility index (Phi) is 4.27. The van der Waals surface area contributed by atoms with Crippen LogP contribution in [-0.2, 0) is 10.0 Å². The van der Waals surface area contributed by atoms with Gasteiger partial charge in [0.1, 0.15) is 5.02 Å². The Labute approximate surface area is 121 Å². The van der Waals surface area contributed by atoms with E-state index >= 15 is 0 Å². The lowest BCUT2D eigenvalue weighted by atomic mass is 10.1. The molecule has 7 heteroatoms. The molecular weight excluding hydrogens is 300 g/mol. The van der Waals surface area contributed by atoms with E-state index in [0.29, 0.717) is 0 Å². The minimum absolute atomic E-state index is 0.0788. The maximum absolute atomic E-state index is 12.2. The summed E-state index contributed by atoms with van der Waals surface area (Å²) < 4.78 is 26.9. The molecule has 0 aliphatic heterocycles. The third-order valence-electron chi connectivity index (χ3n) is 2.77. The first-order valence-corrected chi connectivity index (χ1v) is 7.72. The normalized spacial score (nSPS) is 13.1. The van der Waals surface area contributed by atoms with E-state index in [9.17, 15) is 13.2 Å². The standard InChI is InChI=1S/C13H13ClN2O3S/c1-9(10-5-3-2-4-6-10)16-20(18,19)11-7-12(14)13(17)15-8-11/h2-9,16H,1H3,(H,15,17). The lowest BCUT2D eigenvalue weighted by Crippen LogP contribution is -2.27. The molecule has 1 aromatic heterocycles. The molecule has 0 aliphatic carbocycles. The molecule has 5 nitrogen and oxygen atoms in total. The van der Waals surface area contributed by atoms with Crippen LogP contribution in [0.4, 0.5) is 0 Å². The molecule has 0 saturated heterocycles. The lowest BCUT2D eigenvalue weighted by Gasteiger charge is -2.14. The molecule has 1 aromatic carbocycles. The number of rotatable bonds is 4. The van der Waals surface area contributed by atoms with E-state index in [1.165, 1.54) is 0 Å². The van der Waals surface area contributed by atoms with Gasteiger partial charge in [0.05, 0.1) is 4.90 Å². The highest BCUT2D eigenvalue weighted by Crippen LogP contribution is 2.17. The van der Waals surface area contributed by atoms with Gasteiger partial charge in [0, 0.05) is 12.2 Å². The quantitative estimate of drug-likeness (QED) is 0.907. The van der Waals surface area contributed by atoms with E-state index in [1.807, 2.05) is 30.3 Å². The van der Waals surface area contributed by atoms with Crippen LogP contribution in [0.2, 0.25) is 5.02 Å². The minimum atomic E-state index is -3.75. The smallest absolute Gasteiger partial charge is 0.266 e. The molecule has 0 amide bonds. The average molecular weight is 313 g/mol. The maximum atomic E-state index is 12.2. The first kappa shape index (κ1) is 14.8. The van der Waals surface area contributed by atoms with Gasteiger partial charge in [0.25, 0.3) is 5.56 Å². The number of benzene rings is 1. The van der Waals surface area contributed by atoms with Crippen LogP contribution in [-0.4, -0.2) is 13.4 Å². The summed E-state index contributed by atoms with van der Waals surface area (Å²) in [6.45, 7) is 1.74. The maximum Gasteiger partial charge on any atom is 0.266 e. The number of sulfonamides is 1. The number of aromatic amines is 1. The Morgan fingerprint density at radius 2 is 1.90 bits per heavy atom. The van der Waals surface area contributed by atoms with Crippen LogP contribution in [0.3, 0.4) is 0 Å². The Morgan fingerprint density at radius 3 is 2.50 bits per heavy atom. The largest absolute Gasteiger partial charge is 0.326 e. The molecule has 0 radical (unpaired) electrons. The van der Waals surface area contributed by atoms with Crippen LogP contribution in [0.15, 0.2) is 52.3 Å². The van der Waals surface area contributed by atoms with E-state index < -0.39 is 21.6 Å². The molecular formula is C13H13ClN2O3S. The van der Waals surface area contributed by atoms with E-state index in [1.54, 1.807) is 6.92 Å². The number of nitrogens with one attached hydrogen (secondary N) is 2. The van der Waals surface area contributed by atoms with Gasteiger partial charge in [-0.05, 0) is 18.6 Å². The van der Waals surface area contributed by atoms with Crippen LogP contribution in [0.25, 0.3) is 0 Å². The number of hydrogen-bond acceptors (Lipinski definition) is 3. The zero-order chi connectivity index (χ0) is 14.8. The molecule has 0 aliphatic rings. The molecule has 2 N–H and O–H groups in total. The molecule has 2 aromatic rings. The van der Waals surface area contributed by atoms with E-state index in [2.05, 4.69) is 9.71 Å². The van der Waals surface area contributed by atoms with Crippen molar-refractivity contribution in [3.8, 4) is 0 Å². The molecule has 2 rings (SSSR count). The molecule has 0 bridgehead atoms. The monoisotopic (exact) mass is 312 g/mol. The summed E-state index contributed by atoms with van der Waals surface area (Å²) in [6.07, 6.45) is 1.12. The highest BCUT2D eigenvalue weighted by molar-refractivity contribution is 7.89. The number of hydrogen-bond donors (Lipinski definition) is 2. The zero-order valence-corrected chi connectivity index (χ0v) is 12.2. The van der Waals surface area contributed by atoms with Gasteiger partial charge in [-0.2, -0.15) is 0 Å². The van der Waals surface area contributed by atoms with E-state index in [0.717, 1.165) is 17.8 Å². The Hall–Kier alpha value is -1.63. The summed E-state index contributed by atoms with van der Waals surface area (Å²) >= 11 is 5.64. The number of aromatic nitrogens is 1. The van der Waals surface area contributed by atoms with Crippen LogP contribution in [0.1, 0.15) is 18.5 Å². The molecule has 1 heterocycles. The van der Waals surface area contributed by atoms with Gasteiger partial charge in [-0.1, -0.05) is 41.9 Å². The van der Waals surface area contributed by atoms with Crippen molar-refractivity contribution in [3.05, 3.63) is 63.5 Å². The number of pyridine rings is 1. The summed E-state index contributed by atoms with van der Waals surface area (Å²) in [5, 5.41) is -0.166. The SMILES string of the molecule is CC(NS(=O)(=O)c1c[nH]c(=O)c(Cl)c1)c1ccccc1. The summed E-state index contributed by atoms with van der Waals surface area (Å²) in [7, 11) is -3.75. The highest BCUT2D eigenvalue weighted by Gasteiger charge is 2.19. The molecule has 0 saturated carbocycles. The first-order chi connectivity index (χ1) is 9.40. The predicted molar refractivity (Wildman–Crippen MR) is 77.3 cm³/mol. The topological polar surface area (TPSA) is 79.0 Å². The Balaban J connectivity index is 2.27. The highest BCUT2D eigenvalue weighted by atomic mass is 35.5. The van der Waals surface area contributed by atoms with E-state index in [4.69, 9.17) is 11.6 Å². The van der Waals surface area contributed by atoms with Crippen molar-refractivity contribution >= 4 is 21.6 Å². The number of halogens is 1. The van der Waals surface area contributed by atoms with Gasteiger partial charge >= 0.3 is 0 Å². The summed E-state index contributed by atoms with van der Waals surface area (Å²) in [6, 6.07) is 9.90. The van der Waals surface area contributed by atoms with Crippen molar-refractivity contribution < 1.29 is 8.42 Å². The van der Waals surface area contributed by atoms with Gasteiger partial charge in [0.2, 0.25) is 10.0 Å². The Bertz CT molecular complexity index is 757. The second-order valence-electron chi connectivity index (χ2n) is 4.27. The van der Waals surface area contributed by atoms with Crippen molar-refractivity contribution in [2.24, 2.45) is 0 Å². The van der Waals surface area contributed by atoms with Crippen molar-refractivity contribution in [2.45, 2.75) is 17.9 Å². The van der Waals surface area contributed by atoms with Crippen LogP contribution < -0.4 is 10.3 Å². The summed E-state index contributed by atoms with van der Waals surface area (Å²) in [4.78, 5) is 13.3. The van der Waals surface area contributed by atoms with Gasteiger partial charge in [-0.15, -0.1) is 0 Å². The second kappa shape index (κ2) is 5.78. The zero-order valence-electron chi connectivity index (χ0n) is 10.6. The van der Waals surface area contributed by atoms with Crippen molar-refractivity contribution in [1.82, 2.24) is 9.71 Å². The van der Waals surface area contributed by atoms with Crippen LogP contribution >= 0.6 is 11.6 Å². The minimum Gasteiger partial charge on any atom is -0.326 e. The van der Waals surface area contributed by atoms with Crippen LogP contribution in [0, 0.1) is 0 Å². The molecule has 20 heavy (non-hydrogen) atoms. The number of H-pyrrole nitrogens is 1. The van der Waals surface area contributed by atoms with Crippen LogP contribution in [0.5, 0.6) is 0 Å². The molecule has 0 fully saturated rings. The van der Waals surface area contributed by atoms with E-state index in [-0.39, 0.29) is 9.92 Å². The predicted octanol–water partition coefficient (Wildman–Crippen LogP) is 2.07. The van der Waals surface area contributed by atoms with Crippen molar-refractivity contribution in [3.63, 3.8) is 0 Å². The van der Waals surface area contributed by atoms with Gasteiger partial charge < -0.3 is 4.98 Å². The fraction of sp³-hybridized carbons (Fsp3) is 0.154. The molecule has 1 unspecified atom stereocenters. The Morgan fingerprint density at radius 1 is 1.25 bits per heavy atom. The fourth-order valence-electron chi connectivity index (χ4n) is 1.70. The van der Waals surface area contributed by atoms with Gasteiger partial charge in [-0.25, -0.2) is 13.1 Å². The third kappa shape index (κ3) is 3.27. The van der Waals surface area contributed by atoms with Gasteiger partial charge in [-0.3, -0.25) is 4.79 Å². The molecule has 0 spiro atoms. The second-order valence-corrected chi connectivity index (χ2v) is 6.39. The molecule has 106 valence electrons. The fourth-order valence-corrected chi connectivity index (χ4v) is 3.16. The third-order valence-corrected chi connectivity index (χ3v) is 4.57. The first-order valence-electron chi connectivity index (χ1n) is 5.85. The summed E-state index contributed by atoms with van der Waals surface area (Å²) in [5.74, 6) is 0. The lowest BCUT2D eigenvalue weighted by molar-refractivity contribution is 0.566. The molecule has 1 atom stereocenters. The van der Waals surface area contributed by atoms with Crippen molar-refractivity contribution in [2.75, 3.05) is 0 Å². The summed E-state index contributed by atoms with van der Waals surface area (Å²) in [5.41, 5.74) is 0.313. The van der Waals surface area contributed by atoms with Gasteiger partial charge in [0.15, 0.2) is 0 Å². The van der Waals surface area contributed by atoms with Crippen molar-refractivity contribution in [1.29, 1.82) is 0 Å².